The molecule has 0 fully saturated rings. The maximum atomic E-state index is 12.6. The predicted molar refractivity (Wildman–Crippen MR) is 106 cm³/mol. The van der Waals surface area contributed by atoms with Crippen molar-refractivity contribution in [1.29, 1.82) is 5.26 Å². The van der Waals surface area contributed by atoms with Crippen LogP contribution in [0.4, 0.5) is 5.82 Å². The van der Waals surface area contributed by atoms with E-state index in [1.54, 1.807) is 29.3 Å². The van der Waals surface area contributed by atoms with Crippen LogP contribution in [-0.4, -0.2) is 31.0 Å². The third-order valence-corrected chi connectivity index (χ3v) is 5.31. The van der Waals surface area contributed by atoms with E-state index in [1.807, 2.05) is 24.5 Å². The Bertz CT molecular complexity index is 1030. The molecule has 0 saturated heterocycles. The van der Waals surface area contributed by atoms with E-state index in [0.717, 1.165) is 17.0 Å². The summed E-state index contributed by atoms with van der Waals surface area (Å²) in [6, 6.07) is 5.86. The third-order valence-electron chi connectivity index (χ3n) is 4.33. The zero-order valence-electron chi connectivity index (χ0n) is 15.7. The molecule has 3 aromatic heterocycles. The van der Waals surface area contributed by atoms with Crippen molar-refractivity contribution < 1.29 is 9.21 Å². The molecule has 0 radical (unpaired) electrons. The largest absolute Gasteiger partial charge is 0.467 e. The van der Waals surface area contributed by atoms with E-state index >= 15 is 0 Å². The summed E-state index contributed by atoms with van der Waals surface area (Å²) < 4.78 is 9.11. The zero-order valence-corrected chi connectivity index (χ0v) is 16.5. The van der Waals surface area contributed by atoms with Gasteiger partial charge in [-0.25, -0.2) is 0 Å². The third kappa shape index (κ3) is 4.02. The first-order valence-electron chi connectivity index (χ1n) is 8.58. The second-order valence-electron chi connectivity index (χ2n) is 6.10. The average molecular weight is 396 g/mol. The highest BCUT2D eigenvalue weighted by molar-refractivity contribution is 7.99. The van der Waals surface area contributed by atoms with Gasteiger partial charge in [-0.15, -0.1) is 16.8 Å². The fourth-order valence-electron chi connectivity index (χ4n) is 2.81. The number of nitrogens with one attached hydrogen (secondary N) is 1. The summed E-state index contributed by atoms with van der Waals surface area (Å²) in [5.41, 5.74) is 2.20. The van der Waals surface area contributed by atoms with Crippen LogP contribution >= 0.6 is 11.8 Å². The van der Waals surface area contributed by atoms with Crippen LogP contribution in [0.5, 0.6) is 0 Å². The molecule has 0 bridgehead atoms. The summed E-state index contributed by atoms with van der Waals surface area (Å²) in [5, 5.41) is 21.0. The van der Waals surface area contributed by atoms with Gasteiger partial charge in [-0.2, -0.15) is 5.26 Å². The van der Waals surface area contributed by atoms with Crippen molar-refractivity contribution in [2.75, 3.05) is 11.1 Å². The molecule has 0 spiro atoms. The number of amides is 1. The van der Waals surface area contributed by atoms with Gasteiger partial charge in [0.25, 0.3) is 0 Å². The number of aromatic nitrogens is 4. The van der Waals surface area contributed by atoms with Gasteiger partial charge in [0.1, 0.15) is 24.0 Å². The first-order valence-corrected chi connectivity index (χ1v) is 9.57. The van der Waals surface area contributed by atoms with Gasteiger partial charge < -0.3 is 18.9 Å². The highest BCUT2D eigenvalue weighted by atomic mass is 32.2. The number of allylic oxidation sites excluding steroid dienone is 1. The first kappa shape index (κ1) is 19.5. The molecule has 3 heterocycles. The molecule has 0 unspecified atom stereocenters. The molecule has 8 nitrogen and oxygen atoms in total. The van der Waals surface area contributed by atoms with E-state index in [4.69, 9.17) is 4.42 Å². The van der Waals surface area contributed by atoms with Crippen molar-refractivity contribution in [3.05, 3.63) is 60.0 Å². The Hall–Kier alpha value is -3.25. The van der Waals surface area contributed by atoms with E-state index in [1.165, 1.54) is 11.8 Å². The molecule has 1 amide bonds. The molecular weight excluding hydrogens is 376 g/mol. The molecule has 0 saturated carbocycles. The number of hydrogen-bond donors (Lipinski definition) is 1. The van der Waals surface area contributed by atoms with Gasteiger partial charge in [-0.05, 0) is 31.5 Å². The molecule has 1 N–H and O–H groups in total. The lowest BCUT2D eigenvalue weighted by Crippen LogP contribution is -2.18. The second kappa shape index (κ2) is 8.63. The Morgan fingerprint density at radius 1 is 1.50 bits per heavy atom. The van der Waals surface area contributed by atoms with Crippen molar-refractivity contribution >= 4 is 23.5 Å². The Labute approximate surface area is 166 Å². The van der Waals surface area contributed by atoms with Crippen LogP contribution < -0.4 is 5.32 Å². The number of carbonyl (C=O) groups is 1. The lowest BCUT2D eigenvalue weighted by molar-refractivity contribution is -0.113. The maximum absolute atomic E-state index is 12.6. The Balaban J connectivity index is 1.78. The van der Waals surface area contributed by atoms with Crippen LogP contribution in [0.1, 0.15) is 22.6 Å². The Morgan fingerprint density at radius 3 is 3.00 bits per heavy atom. The van der Waals surface area contributed by atoms with E-state index in [2.05, 4.69) is 28.2 Å². The standard InChI is InChI=1S/C19H20N6O2S/c1-4-7-24-12-21-23-19(24)28-11-17(26)22-18-16(9-20)13(2)14(3)25(18)10-15-6-5-8-27-15/h4-6,8,12H,1,7,10-11H2,2-3H3,(H,22,26). The van der Waals surface area contributed by atoms with Crippen molar-refractivity contribution in [2.45, 2.75) is 32.1 Å². The number of rotatable bonds is 8. The monoisotopic (exact) mass is 396 g/mol. The minimum absolute atomic E-state index is 0.144. The smallest absolute Gasteiger partial charge is 0.235 e. The highest BCUT2D eigenvalue weighted by Gasteiger charge is 2.20. The molecule has 144 valence electrons. The summed E-state index contributed by atoms with van der Waals surface area (Å²) >= 11 is 1.28. The van der Waals surface area contributed by atoms with Gasteiger partial charge >= 0.3 is 0 Å². The lowest BCUT2D eigenvalue weighted by atomic mass is 10.2. The fourth-order valence-corrected chi connectivity index (χ4v) is 3.53. The van der Waals surface area contributed by atoms with Gasteiger partial charge in [0.15, 0.2) is 5.16 Å². The molecule has 0 atom stereocenters. The van der Waals surface area contributed by atoms with Crippen LogP contribution in [0, 0.1) is 25.2 Å². The van der Waals surface area contributed by atoms with Gasteiger partial charge in [-0.3, -0.25) is 4.79 Å². The normalized spacial score (nSPS) is 10.6. The van der Waals surface area contributed by atoms with Crippen molar-refractivity contribution in [1.82, 2.24) is 19.3 Å². The number of anilines is 1. The summed E-state index contributed by atoms with van der Waals surface area (Å²) in [7, 11) is 0. The number of thioether (sulfide) groups is 1. The predicted octanol–water partition coefficient (Wildman–Crippen LogP) is 3.13. The molecule has 28 heavy (non-hydrogen) atoms. The minimum Gasteiger partial charge on any atom is -0.467 e. The summed E-state index contributed by atoms with van der Waals surface area (Å²) in [6.07, 6.45) is 4.93. The maximum Gasteiger partial charge on any atom is 0.235 e. The first-order chi connectivity index (χ1) is 13.5. The minimum atomic E-state index is -0.229. The molecule has 3 rings (SSSR count). The summed E-state index contributed by atoms with van der Waals surface area (Å²) in [4.78, 5) is 12.6. The van der Waals surface area contributed by atoms with E-state index in [9.17, 15) is 10.1 Å². The Morgan fingerprint density at radius 2 is 2.32 bits per heavy atom. The average Bonchev–Trinajstić information content (AvgIpc) is 3.39. The van der Waals surface area contributed by atoms with Crippen LogP contribution in [-0.2, 0) is 17.9 Å². The SMILES string of the molecule is C=CCn1cnnc1SCC(=O)Nc1c(C#N)c(C)c(C)n1Cc1ccco1. The molecular formula is C19H20N6O2S. The van der Waals surface area contributed by atoms with Crippen molar-refractivity contribution in [3.63, 3.8) is 0 Å². The number of carbonyl (C=O) groups excluding carboxylic acids is 1. The molecule has 0 aliphatic carbocycles. The van der Waals surface area contributed by atoms with E-state index in [0.29, 0.717) is 29.6 Å². The number of hydrogen-bond acceptors (Lipinski definition) is 6. The quantitative estimate of drug-likeness (QED) is 0.464. The molecule has 9 heteroatoms. The lowest BCUT2D eigenvalue weighted by Gasteiger charge is -2.12. The van der Waals surface area contributed by atoms with Crippen molar-refractivity contribution in [2.24, 2.45) is 0 Å². The molecule has 0 aliphatic rings. The topological polar surface area (TPSA) is 102 Å². The zero-order chi connectivity index (χ0) is 20.1. The van der Waals surface area contributed by atoms with E-state index in [-0.39, 0.29) is 11.7 Å². The second-order valence-corrected chi connectivity index (χ2v) is 7.05. The molecule has 3 aromatic rings. The summed E-state index contributed by atoms with van der Waals surface area (Å²) in [6.45, 7) is 8.48. The number of nitrogens with zero attached hydrogens (tertiary/aromatic N) is 5. The van der Waals surface area contributed by atoms with Gasteiger partial charge in [-0.1, -0.05) is 17.8 Å². The van der Waals surface area contributed by atoms with Gasteiger partial charge in [0.2, 0.25) is 5.91 Å². The van der Waals surface area contributed by atoms with Gasteiger partial charge in [0.05, 0.1) is 24.1 Å². The Kier molecular flexibility index (Phi) is 6.01. The van der Waals surface area contributed by atoms with Crippen LogP contribution in [0.3, 0.4) is 0 Å². The molecule has 0 aromatic carbocycles. The number of furan rings is 1. The molecule has 0 aliphatic heterocycles. The summed E-state index contributed by atoms with van der Waals surface area (Å²) in [5.74, 6) is 1.13. The van der Waals surface area contributed by atoms with Crippen LogP contribution in [0.15, 0.2) is 47.0 Å². The van der Waals surface area contributed by atoms with Crippen LogP contribution in [0.2, 0.25) is 0 Å². The van der Waals surface area contributed by atoms with Crippen LogP contribution in [0.25, 0.3) is 0 Å². The highest BCUT2D eigenvalue weighted by Crippen LogP contribution is 2.28. The van der Waals surface area contributed by atoms with Crippen molar-refractivity contribution in [3.8, 4) is 6.07 Å². The number of nitriles is 1. The fraction of sp³-hybridized carbons (Fsp3) is 0.263. The van der Waals surface area contributed by atoms with Gasteiger partial charge in [0, 0.05) is 12.2 Å². The van der Waals surface area contributed by atoms with E-state index < -0.39 is 0 Å².